The summed E-state index contributed by atoms with van der Waals surface area (Å²) in [6, 6.07) is 5.10. The van der Waals surface area contributed by atoms with Gasteiger partial charge in [0.25, 0.3) is 0 Å². The van der Waals surface area contributed by atoms with Crippen LogP contribution in [0.2, 0.25) is 5.02 Å². The molecule has 4 N–H and O–H groups in total. The van der Waals surface area contributed by atoms with E-state index in [-0.39, 0.29) is 6.42 Å². The SMILES string of the molecule is CN(C)c1ccc(C(N)CC(N)=O)c(Cl)c1. The highest BCUT2D eigenvalue weighted by atomic mass is 35.5. The number of nitrogens with two attached hydrogens (primary N) is 2. The molecule has 5 heteroatoms. The lowest BCUT2D eigenvalue weighted by atomic mass is 10.0. The van der Waals surface area contributed by atoms with E-state index in [4.69, 9.17) is 23.1 Å². The first kappa shape index (κ1) is 12.8. The van der Waals surface area contributed by atoms with Crippen molar-refractivity contribution in [2.45, 2.75) is 12.5 Å². The molecule has 0 radical (unpaired) electrons. The number of carbonyl (C=O) groups is 1. The smallest absolute Gasteiger partial charge is 0.219 e. The summed E-state index contributed by atoms with van der Waals surface area (Å²) in [5.41, 5.74) is 12.6. The van der Waals surface area contributed by atoms with Gasteiger partial charge in [-0.25, -0.2) is 0 Å². The van der Waals surface area contributed by atoms with Gasteiger partial charge in [-0.1, -0.05) is 17.7 Å². The largest absolute Gasteiger partial charge is 0.378 e. The maximum Gasteiger partial charge on any atom is 0.219 e. The van der Waals surface area contributed by atoms with Gasteiger partial charge in [-0.3, -0.25) is 4.79 Å². The zero-order valence-corrected chi connectivity index (χ0v) is 10.2. The van der Waals surface area contributed by atoms with Crippen molar-refractivity contribution in [2.24, 2.45) is 11.5 Å². The van der Waals surface area contributed by atoms with E-state index in [1.165, 1.54) is 0 Å². The molecule has 1 atom stereocenters. The first-order chi connectivity index (χ1) is 7.41. The first-order valence-electron chi connectivity index (χ1n) is 4.92. The molecule has 1 rings (SSSR count). The molecule has 0 aliphatic heterocycles. The van der Waals surface area contributed by atoms with Crippen LogP contribution in [-0.4, -0.2) is 20.0 Å². The molecule has 0 bridgehead atoms. The number of anilines is 1. The standard InChI is InChI=1S/C11H16ClN3O/c1-15(2)7-3-4-8(9(12)5-7)10(13)6-11(14)16/h3-5,10H,6,13H2,1-2H3,(H2,14,16). The Hall–Kier alpha value is -1.26. The Kier molecular flexibility index (Phi) is 4.15. The van der Waals surface area contributed by atoms with Crippen molar-refractivity contribution < 1.29 is 4.79 Å². The van der Waals surface area contributed by atoms with Crippen LogP contribution < -0.4 is 16.4 Å². The van der Waals surface area contributed by atoms with Crippen molar-refractivity contribution in [3.8, 4) is 0 Å². The lowest BCUT2D eigenvalue weighted by Crippen LogP contribution is -2.21. The first-order valence-corrected chi connectivity index (χ1v) is 5.30. The summed E-state index contributed by atoms with van der Waals surface area (Å²) in [6.07, 6.45) is 0.0982. The van der Waals surface area contributed by atoms with Gasteiger partial charge >= 0.3 is 0 Å². The fourth-order valence-electron chi connectivity index (χ4n) is 1.42. The second kappa shape index (κ2) is 5.18. The summed E-state index contributed by atoms with van der Waals surface area (Å²) in [6.45, 7) is 0. The number of primary amides is 1. The van der Waals surface area contributed by atoms with Crippen molar-refractivity contribution in [2.75, 3.05) is 19.0 Å². The molecular weight excluding hydrogens is 226 g/mol. The van der Waals surface area contributed by atoms with E-state index in [0.717, 1.165) is 11.3 Å². The number of hydrogen-bond acceptors (Lipinski definition) is 3. The summed E-state index contributed by atoms with van der Waals surface area (Å²) < 4.78 is 0. The molecule has 0 spiro atoms. The number of amides is 1. The minimum Gasteiger partial charge on any atom is -0.378 e. The molecule has 1 aromatic carbocycles. The highest BCUT2D eigenvalue weighted by molar-refractivity contribution is 6.31. The molecule has 0 fully saturated rings. The van der Waals surface area contributed by atoms with Crippen LogP contribution in [0.3, 0.4) is 0 Å². The fourth-order valence-corrected chi connectivity index (χ4v) is 1.74. The van der Waals surface area contributed by atoms with Crippen molar-refractivity contribution in [1.29, 1.82) is 0 Å². The molecule has 0 saturated carbocycles. The van der Waals surface area contributed by atoms with Crippen LogP contribution >= 0.6 is 11.6 Å². The summed E-state index contributed by atoms with van der Waals surface area (Å²) >= 11 is 6.09. The van der Waals surface area contributed by atoms with Gasteiger partial charge in [-0.15, -0.1) is 0 Å². The van der Waals surface area contributed by atoms with Crippen molar-refractivity contribution >= 4 is 23.2 Å². The van der Waals surface area contributed by atoms with Gasteiger partial charge in [0.05, 0.1) is 0 Å². The van der Waals surface area contributed by atoms with Crippen LogP contribution in [0.1, 0.15) is 18.0 Å². The summed E-state index contributed by atoms with van der Waals surface area (Å²) in [7, 11) is 3.85. The van der Waals surface area contributed by atoms with E-state index < -0.39 is 11.9 Å². The molecule has 0 saturated heterocycles. The molecule has 16 heavy (non-hydrogen) atoms. The Balaban J connectivity index is 2.94. The van der Waals surface area contributed by atoms with Crippen LogP contribution in [0.25, 0.3) is 0 Å². The van der Waals surface area contributed by atoms with Crippen LogP contribution in [0.4, 0.5) is 5.69 Å². The molecule has 0 heterocycles. The van der Waals surface area contributed by atoms with Crippen LogP contribution in [0.15, 0.2) is 18.2 Å². The molecule has 0 aliphatic rings. The van der Waals surface area contributed by atoms with E-state index in [9.17, 15) is 4.79 Å². The lowest BCUT2D eigenvalue weighted by Gasteiger charge is -2.16. The Bertz CT molecular complexity index is 393. The summed E-state index contributed by atoms with van der Waals surface area (Å²) in [5.74, 6) is -0.430. The minimum absolute atomic E-state index is 0.0982. The number of hydrogen-bond donors (Lipinski definition) is 2. The third-order valence-electron chi connectivity index (χ3n) is 2.32. The zero-order valence-electron chi connectivity index (χ0n) is 9.40. The van der Waals surface area contributed by atoms with Crippen molar-refractivity contribution in [3.63, 3.8) is 0 Å². The van der Waals surface area contributed by atoms with Crippen LogP contribution in [0.5, 0.6) is 0 Å². The van der Waals surface area contributed by atoms with Gasteiger partial charge in [-0.2, -0.15) is 0 Å². The minimum atomic E-state index is -0.443. The number of halogens is 1. The Labute approximate surface area is 100 Å². The lowest BCUT2D eigenvalue weighted by molar-refractivity contribution is -0.118. The highest BCUT2D eigenvalue weighted by Crippen LogP contribution is 2.27. The Morgan fingerprint density at radius 3 is 2.56 bits per heavy atom. The maximum absolute atomic E-state index is 10.8. The van der Waals surface area contributed by atoms with E-state index in [0.29, 0.717) is 5.02 Å². The van der Waals surface area contributed by atoms with E-state index in [1.54, 1.807) is 0 Å². The quantitative estimate of drug-likeness (QED) is 0.834. The van der Waals surface area contributed by atoms with Gasteiger partial charge in [0.15, 0.2) is 0 Å². The predicted octanol–water partition coefficient (Wildman–Crippen LogP) is 1.28. The molecule has 88 valence electrons. The number of carbonyl (C=O) groups excluding carboxylic acids is 1. The molecular formula is C11H16ClN3O. The average Bonchev–Trinajstić information content (AvgIpc) is 2.15. The van der Waals surface area contributed by atoms with Crippen LogP contribution in [-0.2, 0) is 4.79 Å². The van der Waals surface area contributed by atoms with Crippen LogP contribution in [0, 0.1) is 0 Å². The Morgan fingerprint density at radius 1 is 1.50 bits per heavy atom. The second-order valence-corrected chi connectivity index (χ2v) is 4.28. The monoisotopic (exact) mass is 241 g/mol. The van der Waals surface area contributed by atoms with E-state index in [1.807, 2.05) is 37.2 Å². The van der Waals surface area contributed by atoms with Gasteiger partial charge in [0, 0.05) is 37.3 Å². The molecule has 0 aromatic heterocycles. The second-order valence-electron chi connectivity index (χ2n) is 3.88. The van der Waals surface area contributed by atoms with Gasteiger partial charge in [0.2, 0.25) is 5.91 Å². The fraction of sp³-hybridized carbons (Fsp3) is 0.364. The molecule has 1 aromatic rings. The zero-order chi connectivity index (χ0) is 12.3. The van der Waals surface area contributed by atoms with Crippen molar-refractivity contribution in [1.82, 2.24) is 0 Å². The summed E-state index contributed by atoms with van der Waals surface area (Å²) in [5, 5.41) is 0.556. The predicted molar refractivity (Wildman–Crippen MR) is 66.5 cm³/mol. The molecule has 1 unspecified atom stereocenters. The Morgan fingerprint density at radius 2 is 2.12 bits per heavy atom. The normalized spacial score (nSPS) is 12.2. The highest BCUT2D eigenvalue weighted by Gasteiger charge is 2.13. The van der Waals surface area contributed by atoms with Gasteiger partial charge in [0.1, 0.15) is 0 Å². The number of benzene rings is 1. The van der Waals surface area contributed by atoms with Gasteiger partial charge in [-0.05, 0) is 17.7 Å². The van der Waals surface area contributed by atoms with E-state index >= 15 is 0 Å². The summed E-state index contributed by atoms with van der Waals surface area (Å²) in [4.78, 5) is 12.7. The van der Waals surface area contributed by atoms with Crippen molar-refractivity contribution in [3.05, 3.63) is 28.8 Å². The number of rotatable bonds is 4. The molecule has 4 nitrogen and oxygen atoms in total. The molecule has 1 amide bonds. The number of nitrogens with zero attached hydrogens (tertiary/aromatic N) is 1. The molecule has 0 aliphatic carbocycles. The topological polar surface area (TPSA) is 72.3 Å². The third kappa shape index (κ3) is 3.12. The third-order valence-corrected chi connectivity index (χ3v) is 2.65. The average molecular weight is 242 g/mol. The maximum atomic E-state index is 10.8. The van der Waals surface area contributed by atoms with Gasteiger partial charge < -0.3 is 16.4 Å². The van der Waals surface area contributed by atoms with E-state index in [2.05, 4.69) is 0 Å².